The Morgan fingerprint density at radius 2 is 2.16 bits per heavy atom. The standard InChI is InChI=1S/C14H26N2O3/c1-13(2,3)19-12(17)16-8-9-18-14(10-16)7-5-4-6-11(14)15/h11H,4-10,15H2,1-3H3/t11-,14-/m0/s1. The van der Waals surface area contributed by atoms with E-state index < -0.39 is 5.60 Å². The summed E-state index contributed by atoms with van der Waals surface area (Å²) in [6, 6.07) is 0.0199. The molecule has 2 rings (SSSR count). The van der Waals surface area contributed by atoms with Crippen molar-refractivity contribution in [2.75, 3.05) is 19.7 Å². The van der Waals surface area contributed by atoms with Crippen LogP contribution in [0, 0.1) is 0 Å². The zero-order valence-electron chi connectivity index (χ0n) is 12.3. The lowest BCUT2D eigenvalue weighted by Gasteiger charge is -2.48. The second-order valence-corrected chi connectivity index (χ2v) is 6.67. The first-order valence-electron chi connectivity index (χ1n) is 7.20. The Morgan fingerprint density at radius 1 is 1.42 bits per heavy atom. The van der Waals surface area contributed by atoms with Crippen molar-refractivity contribution in [2.24, 2.45) is 5.73 Å². The number of carbonyl (C=O) groups is 1. The number of ether oxygens (including phenoxy) is 2. The van der Waals surface area contributed by atoms with Crippen LogP contribution in [0.3, 0.4) is 0 Å². The number of carbonyl (C=O) groups excluding carboxylic acids is 1. The molecule has 110 valence electrons. The molecule has 0 aromatic rings. The van der Waals surface area contributed by atoms with Gasteiger partial charge in [0, 0.05) is 12.6 Å². The van der Waals surface area contributed by atoms with Gasteiger partial charge >= 0.3 is 6.09 Å². The van der Waals surface area contributed by atoms with E-state index in [1.807, 2.05) is 20.8 Å². The third-order valence-corrected chi connectivity index (χ3v) is 3.90. The van der Waals surface area contributed by atoms with Gasteiger partial charge < -0.3 is 20.1 Å². The van der Waals surface area contributed by atoms with E-state index in [9.17, 15) is 4.79 Å². The molecule has 19 heavy (non-hydrogen) atoms. The van der Waals surface area contributed by atoms with Gasteiger partial charge in [-0.1, -0.05) is 12.8 Å². The van der Waals surface area contributed by atoms with Crippen molar-refractivity contribution in [1.82, 2.24) is 4.90 Å². The molecule has 0 aromatic heterocycles. The number of nitrogens with two attached hydrogens (primary N) is 1. The van der Waals surface area contributed by atoms with Gasteiger partial charge in [-0.15, -0.1) is 0 Å². The molecule has 2 atom stereocenters. The Labute approximate surface area is 115 Å². The minimum absolute atomic E-state index is 0.0199. The smallest absolute Gasteiger partial charge is 0.410 e. The topological polar surface area (TPSA) is 64.8 Å². The van der Waals surface area contributed by atoms with E-state index in [0.29, 0.717) is 19.7 Å². The predicted octanol–water partition coefficient (Wildman–Crippen LogP) is 1.89. The number of rotatable bonds is 0. The molecule has 0 bridgehead atoms. The summed E-state index contributed by atoms with van der Waals surface area (Å²) >= 11 is 0. The SMILES string of the molecule is CC(C)(C)OC(=O)N1CCO[C@@]2(CCCC[C@@H]2N)C1. The van der Waals surface area contributed by atoms with E-state index in [1.54, 1.807) is 4.90 Å². The Hall–Kier alpha value is -0.810. The summed E-state index contributed by atoms with van der Waals surface area (Å²) in [6.07, 6.45) is 3.93. The second-order valence-electron chi connectivity index (χ2n) is 6.67. The third-order valence-electron chi connectivity index (χ3n) is 3.90. The highest BCUT2D eigenvalue weighted by molar-refractivity contribution is 5.68. The van der Waals surface area contributed by atoms with E-state index >= 15 is 0 Å². The van der Waals surface area contributed by atoms with Gasteiger partial charge in [0.05, 0.1) is 13.2 Å². The van der Waals surface area contributed by atoms with Crippen molar-refractivity contribution in [2.45, 2.75) is 63.7 Å². The zero-order chi connectivity index (χ0) is 14.1. The molecule has 1 heterocycles. The van der Waals surface area contributed by atoms with Crippen LogP contribution in [0.25, 0.3) is 0 Å². The molecule has 1 saturated heterocycles. The number of hydrogen-bond donors (Lipinski definition) is 1. The van der Waals surface area contributed by atoms with Gasteiger partial charge in [-0.3, -0.25) is 0 Å². The summed E-state index contributed by atoms with van der Waals surface area (Å²) in [5, 5.41) is 0. The molecule has 1 aliphatic carbocycles. The fourth-order valence-electron chi connectivity index (χ4n) is 2.90. The van der Waals surface area contributed by atoms with Gasteiger partial charge in [-0.05, 0) is 33.6 Å². The zero-order valence-corrected chi connectivity index (χ0v) is 12.3. The van der Waals surface area contributed by atoms with Gasteiger partial charge in [-0.25, -0.2) is 4.79 Å². The highest BCUT2D eigenvalue weighted by atomic mass is 16.6. The van der Waals surface area contributed by atoms with Crippen molar-refractivity contribution in [3.05, 3.63) is 0 Å². The molecule has 0 radical (unpaired) electrons. The summed E-state index contributed by atoms with van der Waals surface area (Å²) < 4.78 is 11.4. The average Bonchev–Trinajstić information content (AvgIpc) is 2.31. The Kier molecular flexibility index (Phi) is 4.06. The van der Waals surface area contributed by atoms with E-state index in [4.69, 9.17) is 15.2 Å². The highest BCUT2D eigenvalue weighted by Crippen LogP contribution is 2.34. The first kappa shape index (κ1) is 14.6. The molecule has 5 nitrogen and oxygen atoms in total. The number of amides is 1. The van der Waals surface area contributed by atoms with E-state index in [2.05, 4.69) is 0 Å². The molecule has 2 fully saturated rings. The Balaban J connectivity index is 2.02. The van der Waals surface area contributed by atoms with E-state index in [0.717, 1.165) is 25.7 Å². The van der Waals surface area contributed by atoms with Crippen LogP contribution in [0.4, 0.5) is 4.79 Å². The molecular formula is C14H26N2O3. The van der Waals surface area contributed by atoms with Crippen LogP contribution in [0.2, 0.25) is 0 Å². The largest absolute Gasteiger partial charge is 0.444 e. The molecular weight excluding hydrogens is 244 g/mol. The summed E-state index contributed by atoms with van der Waals surface area (Å²) in [5.41, 5.74) is 5.42. The predicted molar refractivity (Wildman–Crippen MR) is 72.9 cm³/mol. The van der Waals surface area contributed by atoms with Crippen molar-refractivity contribution in [3.8, 4) is 0 Å². The summed E-state index contributed by atoms with van der Waals surface area (Å²) in [7, 11) is 0. The fourth-order valence-corrected chi connectivity index (χ4v) is 2.90. The van der Waals surface area contributed by atoms with Gasteiger partial charge in [-0.2, -0.15) is 0 Å². The van der Waals surface area contributed by atoms with Gasteiger partial charge in [0.2, 0.25) is 0 Å². The van der Waals surface area contributed by atoms with Crippen molar-refractivity contribution >= 4 is 6.09 Å². The van der Waals surface area contributed by atoms with E-state index in [-0.39, 0.29) is 17.7 Å². The van der Waals surface area contributed by atoms with Crippen LogP contribution < -0.4 is 5.73 Å². The van der Waals surface area contributed by atoms with Crippen LogP contribution in [0.15, 0.2) is 0 Å². The molecule has 0 aromatic carbocycles. The summed E-state index contributed by atoms with van der Waals surface area (Å²) in [6.45, 7) is 7.34. The van der Waals surface area contributed by atoms with E-state index in [1.165, 1.54) is 0 Å². The maximum Gasteiger partial charge on any atom is 0.410 e. The van der Waals surface area contributed by atoms with Crippen molar-refractivity contribution < 1.29 is 14.3 Å². The minimum atomic E-state index is -0.461. The van der Waals surface area contributed by atoms with Crippen LogP contribution in [-0.4, -0.2) is 47.9 Å². The summed E-state index contributed by atoms with van der Waals surface area (Å²) in [4.78, 5) is 13.9. The third kappa shape index (κ3) is 3.39. The maximum atomic E-state index is 12.2. The maximum absolute atomic E-state index is 12.2. The number of morpholine rings is 1. The molecule has 0 unspecified atom stereocenters. The molecule has 1 saturated carbocycles. The molecule has 2 aliphatic rings. The van der Waals surface area contributed by atoms with Crippen LogP contribution in [0.1, 0.15) is 46.5 Å². The molecule has 1 aliphatic heterocycles. The van der Waals surface area contributed by atoms with Crippen LogP contribution in [0.5, 0.6) is 0 Å². The fraction of sp³-hybridized carbons (Fsp3) is 0.929. The quantitative estimate of drug-likeness (QED) is 0.730. The van der Waals surface area contributed by atoms with Crippen molar-refractivity contribution in [1.29, 1.82) is 0 Å². The summed E-state index contributed by atoms with van der Waals surface area (Å²) in [5.74, 6) is 0. The highest BCUT2D eigenvalue weighted by Gasteiger charge is 2.45. The first-order chi connectivity index (χ1) is 8.82. The Bertz CT molecular complexity index is 336. The van der Waals surface area contributed by atoms with Gasteiger partial charge in [0.1, 0.15) is 11.2 Å². The van der Waals surface area contributed by atoms with Gasteiger partial charge in [0.25, 0.3) is 0 Å². The molecule has 5 heteroatoms. The Morgan fingerprint density at radius 3 is 2.79 bits per heavy atom. The first-order valence-corrected chi connectivity index (χ1v) is 7.20. The lowest BCUT2D eigenvalue weighted by molar-refractivity contribution is -0.134. The monoisotopic (exact) mass is 270 g/mol. The molecule has 2 N–H and O–H groups in total. The van der Waals surface area contributed by atoms with Crippen molar-refractivity contribution in [3.63, 3.8) is 0 Å². The normalized spacial score (nSPS) is 32.4. The lowest BCUT2D eigenvalue weighted by Crippen LogP contribution is -2.63. The lowest BCUT2D eigenvalue weighted by atomic mass is 9.79. The average molecular weight is 270 g/mol. The van der Waals surface area contributed by atoms with Crippen LogP contribution >= 0.6 is 0 Å². The number of hydrogen-bond acceptors (Lipinski definition) is 4. The molecule has 1 amide bonds. The number of nitrogens with zero attached hydrogens (tertiary/aromatic N) is 1. The second kappa shape index (κ2) is 5.29. The minimum Gasteiger partial charge on any atom is -0.444 e. The molecule has 1 spiro atoms. The van der Waals surface area contributed by atoms with Crippen LogP contribution in [-0.2, 0) is 9.47 Å². The van der Waals surface area contributed by atoms with Gasteiger partial charge in [0.15, 0.2) is 0 Å².